The number of hydrogen-bond acceptors (Lipinski definition) is 6. The van der Waals surface area contributed by atoms with Gasteiger partial charge in [0.15, 0.2) is 12.3 Å². The molecule has 4 atom stereocenters. The van der Waals surface area contributed by atoms with Crippen LogP contribution in [0.5, 0.6) is 0 Å². The molecule has 6 heteroatoms. The third kappa shape index (κ3) is 1.46. The van der Waals surface area contributed by atoms with Crippen LogP contribution in [0.1, 0.15) is 0 Å². The summed E-state index contributed by atoms with van der Waals surface area (Å²) in [5.41, 5.74) is 0. The first-order valence-electron chi connectivity index (χ1n) is 3.71. The van der Waals surface area contributed by atoms with Crippen molar-refractivity contribution in [2.75, 3.05) is 13.2 Å². The summed E-state index contributed by atoms with van der Waals surface area (Å²) in [6, 6.07) is 0. The van der Waals surface area contributed by atoms with Gasteiger partial charge >= 0.3 is 0 Å². The van der Waals surface area contributed by atoms with Gasteiger partial charge in [-0.1, -0.05) is 0 Å². The van der Waals surface area contributed by atoms with Gasteiger partial charge in [0.25, 0.3) is 0 Å². The number of aliphatic hydroxyl groups excluding tert-OH is 2. The molecule has 2 aliphatic heterocycles. The van der Waals surface area contributed by atoms with Gasteiger partial charge < -0.3 is 14.9 Å². The van der Waals surface area contributed by atoms with Gasteiger partial charge in [-0.05, 0) is 0 Å². The van der Waals surface area contributed by atoms with Gasteiger partial charge in [0, 0.05) is 0 Å². The van der Waals surface area contributed by atoms with E-state index in [9.17, 15) is 5.11 Å². The minimum absolute atomic E-state index is 0.163. The first kappa shape index (κ1) is 8.74. The van der Waals surface area contributed by atoms with Gasteiger partial charge in [-0.15, -0.1) is 0 Å². The molecule has 0 saturated carbocycles. The van der Waals surface area contributed by atoms with E-state index in [4.69, 9.17) is 18.2 Å². The zero-order valence-corrected chi connectivity index (χ0v) is 7.07. The Hall–Kier alpha value is 0.150. The molecule has 70 valence electrons. The van der Waals surface area contributed by atoms with Crippen LogP contribution in [0, 0.1) is 0 Å². The monoisotopic (exact) mass is 194 g/mol. The van der Waals surface area contributed by atoms with E-state index in [0.29, 0.717) is 6.61 Å². The van der Waals surface area contributed by atoms with Crippen molar-refractivity contribution in [2.24, 2.45) is 0 Å². The highest BCUT2D eigenvalue weighted by molar-refractivity contribution is 7.90. The summed E-state index contributed by atoms with van der Waals surface area (Å²) in [7, 11) is 0. The topological polar surface area (TPSA) is 68.2 Å². The Bertz CT molecular complexity index is 160. The normalized spacial score (nSPS) is 48.5. The zero-order chi connectivity index (χ0) is 8.55. The van der Waals surface area contributed by atoms with Crippen molar-refractivity contribution < 1.29 is 23.3 Å². The lowest BCUT2D eigenvalue weighted by Gasteiger charge is -2.18. The Balaban J connectivity index is 1.95. The molecule has 0 amide bonds. The Morgan fingerprint density at radius 1 is 1.25 bits per heavy atom. The molecule has 0 aromatic rings. The lowest BCUT2D eigenvalue weighted by atomic mass is 10.1. The second-order valence-corrected chi connectivity index (χ2v) is 3.41. The summed E-state index contributed by atoms with van der Waals surface area (Å²) in [6.07, 6.45) is -2.40. The fourth-order valence-corrected chi connectivity index (χ4v) is 1.81. The van der Waals surface area contributed by atoms with Gasteiger partial charge in [-0.25, -0.2) is 0 Å². The van der Waals surface area contributed by atoms with Crippen LogP contribution in [0.15, 0.2) is 0 Å². The first-order chi connectivity index (χ1) is 5.79. The van der Waals surface area contributed by atoms with E-state index < -0.39 is 18.3 Å². The highest BCUT2D eigenvalue weighted by Crippen LogP contribution is 2.28. The molecular formula is C6H10O5S. The molecule has 0 bridgehead atoms. The molecule has 2 N–H and O–H groups in total. The van der Waals surface area contributed by atoms with Crippen molar-refractivity contribution in [3.8, 4) is 0 Å². The molecule has 0 aromatic heterocycles. The average Bonchev–Trinajstić information content (AvgIpc) is 2.64. The van der Waals surface area contributed by atoms with Crippen molar-refractivity contribution in [3.05, 3.63) is 0 Å². The third-order valence-electron chi connectivity index (χ3n) is 2.00. The van der Waals surface area contributed by atoms with E-state index in [1.54, 1.807) is 0 Å². The molecule has 0 radical (unpaired) electrons. The van der Waals surface area contributed by atoms with Crippen molar-refractivity contribution in [1.29, 1.82) is 0 Å². The number of ether oxygens (including phenoxy) is 1. The molecular weight excluding hydrogens is 184 g/mol. The maximum absolute atomic E-state index is 9.40. The lowest BCUT2D eigenvalue weighted by molar-refractivity contribution is -0.0317. The van der Waals surface area contributed by atoms with E-state index in [0.717, 1.165) is 12.3 Å². The first-order valence-corrected chi connectivity index (χ1v) is 4.38. The number of hydrogen-bond donors (Lipinski definition) is 2. The third-order valence-corrected chi connectivity index (χ3v) is 2.56. The van der Waals surface area contributed by atoms with Crippen molar-refractivity contribution in [1.82, 2.24) is 0 Å². The maximum Gasteiger partial charge on any atom is 0.159 e. The van der Waals surface area contributed by atoms with E-state index in [-0.39, 0.29) is 12.7 Å². The molecule has 0 aliphatic carbocycles. The van der Waals surface area contributed by atoms with E-state index in [1.165, 1.54) is 0 Å². The molecule has 2 rings (SSSR count). The van der Waals surface area contributed by atoms with Crippen molar-refractivity contribution in [2.45, 2.75) is 24.4 Å². The summed E-state index contributed by atoms with van der Waals surface area (Å²) < 4.78 is 15.1. The molecule has 0 aromatic carbocycles. The Labute approximate surface area is 74.0 Å². The summed E-state index contributed by atoms with van der Waals surface area (Å²) in [6.45, 7) is 0.551. The van der Waals surface area contributed by atoms with Crippen LogP contribution in [0.2, 0.25) is 0 Å². The molecule has 5 nitrogen and oxygen atoms in total. The molecule has 2 aliphatic rings. The molecule has 2 saturated heterocycles. The van der Waals surface area contributed by atoms with Gasteiger partial charge in [0.1, 0.15) is 24.4 Å². The predicted octanol–water partition coefficient (Wildman–Crippen LogP) is -0.914. The van der Waals surface area contributed by atoms with E-state index in [2.05, 4.69) is 0 Å². The minimum Gasteiger partial charge on any atom is -0.388 e. The van der Waals surface area contributed by atoms with Crippen LogP contribution in [0.3, 0.4) is 0 Å². The second kappa shape index (κ2) is 3.49. The minimum atomic E-state index is -0.864. The molecule has 2 fully saturated rings. The standard InChI is InChI=1S/C6H10O5S/c7-3-1-9-6(5(3)8)4-2-10-12-11-4/h3-8H,1-2H2/t3?,4-,5?,6-/m1/s1. The number of aliphatic hydroxyl groups is 2. The van der Waals surface area contributed by atoms with Crippen LogP contribution in [0.4, 0.5) is 0 Å². The average molecular weight is 194 g/mol. The predicted molar refractivity (Wildman–Crippen MR) is 40.2 cm³/mol. The quantitative estimate of drug-likeness (QED) is 0.526. The largest absolute Gasteiger partial charge is 0.388 e. The highest BCUT2D eigenvalue weighted by Gasteiger charge is 2.42. The van der Waals surface area contributed by atoms with Crippen LogP contribution in [-0.4, -0.2) is 47.8 Å². The number of rotatable bonds is 1. The Kier molecular flexibility index (Phi) is 2.54. The van der Waals surface area contributed by atoms with Gasteiger partial charge in [0.2, 0.25) is 0 Å². The maximum atomic E-state index is 9.40. The molecule has 12 heavy (non-hydrogen) atoms. The summed E-state index contributed by atoms with van der Waals surface area (Å²) >= 11 is 0.900. The summed E-state index contributed by atoms with van der Waals surface area (Å²) in [5, 5.41) is 18.5. The lowest BCUT2D eigenvalue weighted by Crippen LogP contribution is -2.39. The Morgan fingerprint density at radius 3 is 2.58 bits per heavy atom. The van der Waals surface area contributed by atoms with Gasteiger partial charge in [0.05, 0.1) is 13.2 Å². The summed E-state index contributed by atoms with van der Waals surface area (Å²) in [5.74, 6) is 0. The zero-order valence-electron chi connectivity index (χ0n) is 6.25. The van der Waals surface area contributed by atoms with Gasteiger partial charge in [-0.2, -0.15) is 0 Å². The van der Waals surface area contributed by atoms with E-state index >= 15 is 0 Å². The highest BCUT2D eigenvalue weighted by atomic mass is 32.2. The smallest absolute Gasteiger partial charge is 0.159 e. The van der Waals surface area contributed by atoms with Crippen LogP contribution < -0.4 is 0 Å². The fraction of sp³-hybridized carbons (Fsp3) is 1.00. The van der Waals surface area contributed by atoms with Crippen molar-refractivity contribution in [3.63, 3.8) is 0 Å². The Morgan fingerprint density at radius 2 is 2.08 bits per heavy atom. The van der Waals surface area contributed by atoms with Gasteiger partial charge in [-0.3, -0.25) is 8.37 Å². The SMILES string of the molecule is OC1CO[C@H]([C@H]2COSO2)C1O. The van der Waals surface area contributed by atoms with Crippen LogP contribution >= 0.6 is 12.3 Å². The second-order valence-electron chi connectivity index (χ2n) is 2.84. The van der Waals surface area contributed by atoms with E-state index in [1.807, 2.05) is 0 Å². The molecule has 0 spiro atoms. The van der Waals surface area contributed by atoms with Crippen LogP contribution in [0.25, 0.3) is 0 Å². The summed E-state index contributed by atoms with van der Waals surface area (Å²) in [4.78, 5) is 0. The van der Waals surface area contributed by atoms with Crippen molar-refractivity contribution >= 4 is 12.3 Å². The fourth-order valence-electron chi connectivity index (χ4n) is 1.30. The molecule has 2 heterocycles. The molecule has 2 unspecified atom stereocenters. The van der Waals surface area contributed by atoms with Crippen LogP contribution in [-0.2, 0) is 13.1 Å².